The van der Waals surface area contributed by atoms with E-state index in [1.54, 1.807) is 12.1 Å². The van der Waals surface area contributed by atoms with Gasteiger partial charge in [-0.2, -0.15) is 0 Å². The largest absolute Gasteiger partial charge is 0.445 e. The van der Waals surface area contributed by atoms with E-state index in [0.717, 1.165) is 43.3 Å². The van der Waals surface area contributed by atoms with Crippen molar-refractivity contribution in [3.05, 3.63) is 136 Å². The molecule has 0 saturated carbocycles. The van der Waals surface area contributed by atoms with E-state index >= 15 is 0 Å². The molecule has 5 heteroatoms. The average Bonchev–Trinajstić information content (AvgIpc) is 3.23. The maximum Gasteiger partial charge on any atom is 0.275 e. The van der Waals surface area contributed by atoms with Crippen LogP contribution in [0.4, 0.5) is 10.1 Å². The lowest BCUT2D eigenvalue weighted by atomic mass is 10.0. The Balaban J connectivity index is 1.43. The van der Waals surface area contributed by atoms with Crippen LogP contribution in [0.3, 0.4) is 0 Å². The molecule has 0 radical (unpaired) electrons. The molecule has 3 nitrogen and oxygen atoms in total. The van der Waals surface area contributed by atoms with Crippen LogP contribution in [0.1, 0.15) is 23.6 Å². The summed E-state index contributed by atoms with van der Waals surface area (Å²) in [5, 5.41) is 1.97. The molecule has 0 fully saturated rings. The molecule has 5 aromatic rings. The molecule has 36 heavy (non-hydrogen) atoms. The standard InChI is InChI=1S/C31H21BrFNO2/c1-31(24-12-14-25(33)15-13-24)35-28-18-22-16-26(32)27(17-23(22)19-29(28)36-31)34-30(20-8-4-2-5-9-20)21-10-6-3-7-11-21/h2-19H,1H3. The molecule has 0 spiro atoms. The fourth-order valence-electron chi connectivity index (χ4n) is 4.43. The summed E-state index contributed by atoms with van der Waals surface area (Å²) in [6, 6.07) is 34.5. The van der Waals surface area contributed by atoms with Crippen LogP contribution in [-0.4, -0.2) is 5.71 Å². The molecule has 0 N–H and O–H groups in total. The van der Waals surface area contributed by atoms with Crippen molar-refractivity contribution in [2.45, 2.75) is 12.7 Å². The van der Waals surface area contributed by atoms with E-state index in [1.807, 2.05) is 67.6 Å². The van der Waals surface area contributed by atoms with Crippen molar-refractivity contribution in [1.82, 2.24) is 0 Å². The summed E-state index contributed by atoms with van der Waals surface area (Å²) in [7, 11) is 0. The maximum atomic E-state index is 13.4. The van der Waals surface area contributed by atoms with Crippen molar-refractivity contribution in [2.24, 2.45) is 4.99 Å². The van der Waals surface area contributed by atoms with Crippen LogP contribution in [0.2, 0.25) is 0 Å². The van der Waals surface area contributed by atoms with Crippen molar-refractivity contribution in [3.8, 4) is 11.5 Å². The van der Waals surface area contributed by atoms with Crippen LogP contribution in [0, 0.1) is 5.82 Å². The molecule has 1 unspecified atom stereocenters. The zero-order valence-corrected chi connectivity index (χ0v) is 21.0. The topological polar surface area (TPSA) is 30.8 Å². The Morgan fingerprint density at radius 2 is 1.25 bits per heavy atom. The fourth-order valence-corrected chi connectivity index (χ4v) is 4.88. The van der Waals surface area contributed by atoms with Crippen molar-refractivity contribution >= 4 is 38.1 Å². The van der Waals surface area contributed by atoms with Gasteiger partial charge in [-0.15, -0.1) is 0 Å². The normalized spacial score (nSPS) is 16.2. The molecule has 1 atom stereocenters. The second kappa shape index (κ2) is 8.92. The van der Waals surface area contributed by atoms with Crippen LogP contribution >= 0.6 is 15.9 Å². The van der Waals surface area contributed by atoms with Gasteiger partial charge in [0.2, 0.25) is 0 Å². The van der Waals surface area contributed by atoms with Gasteiger partial charge in [-0.1, -0.05) is 60.7 Å². The minimum Gasteiger partial charge on any atom is -0.445 e. The smallest absolute Gasteiger partial charge is 0.275 e. The summed E-state index contributed by atoms with van der Waals surface area (Å²) < 4.78 is 26.7. The van der Waals surface area contributed by atoms with Crippen LogP contribution in [0.5, 0.6) is 11.5 Å². The quantitative estimate of drug-likeness (QED) is 0.215. The number of halogens is 2. The number of ether oxygens (including phenoxy) is 2. The van der Waals surface area contributed by atoms with Gasteiger partial charge in [0.25, 0.3) is 5.79 Å². The van der Waals surface area contributed by atoms with Crippen molar-refractivity contribution in [2.75, 3.05) is 0 Å². The molecule has 5 aromatic carbocycles. The molecule has 1 aliphatic heterocycles. The van der Waals surface area contributed by atoms with Gasteiger partial charge in [0.05, 0.1) is 11.4 Å². The molecular weight excluding hydrogens is 517 g/mol. The number of rotatable bonds is 4. The van der Waals surface area contributed by atoms with Crippen molar-refractivity contribution in [1.29, 1.82) is 0 Å². The summed E-state index contributed by atoms with van der Waals surface area (Å²) in [6.07, 6.45) is 0. The first-order valence-corrected chi connectivity index (χ1v) is 12.4. The van der Waals surface area contributed by atoms with Crippen LogP contribution in [0.25, 0.3) is 10.8 Å². The molecule has 176 valence electrons. The fraction of sp³-hybridized carbons (Fsp3) is 0.0645. The number of fused-ring (bicyclic) bond motifs is 2. The zero-order chi connectivity index (χ0) is 24.7. The van der Waals surface area contributed by atoms with E-state index in [4.69, 9.17) is 14.5 Å². The van der Waals surface area contributed by atoms with Crippen molar-refractivity contribution < 1.29 is 13.9 Å². The predicted octanol–water partition coefficient (Wildman–Crippen LogP) is 8.55. The summed E-state index contributed by atoms with van der Waals surface area (Å²) >= 11 is 3.72. The van der Waals surface area contributed by atoms with Crippen molar-refractivity contribution in [3.63, 3.8) is 0 Å². The summed E-state index contributed by atoms with van der Waals surface area (Å²) in [4.78, 5) is 5.09. The Hall–Kier alpha value is -3.96. The molecule has 6 rings (SSSR count). The SMILES string of the molecule is CC1(c2ccc(F)cc2)Oc2cc3cc(Br)c(N=C(c4ccccc4)c4ccccc4)cc3cc2O1. The molecule has 1 heterocycles. The third-order valence-corrected chi connectivity index (χ3v) is 6.91. The Morgan fingerprint density at radius 3 is 1.81 bits per heavy atom. The maximum absolute atomic E-state index is 13.4. The predicted molar refractivity (Wildman–Crippen MR) is 145 cm³/mol. The Bertz CT molecular complexity index is 1560. The third kappa shape index (κ3) is 4.16. The number of hydrogen-bond acceptors (Lipinski definition) is 3. The first-order valence-electron chi connectivity index (χ1n) is 11.6. The molecular formula is C31H21BrFNO2. The van der Waals surface area contributed by atoms with Crippen LogP contribution in [-0.2, 0) is 5.79 Å². The molecule has 0 saturated heterocycles. The van der Waals surface area contributed by atoms with Gasteiger partial charge in [-0.3, -0.25) is 0 Å². The number of aliphatic imine (C=N–C) groups is 1. The van der Waals surface area contributed by atoms with E-state index < -0.39 is 5.79 Å². The lowest BCUT2D eigenvalue weighted by Crippen LogP contribution is -2.31. The zero-order valence-electron chi connectivity index (χ0n) is 19.4. The lowest BCUT2D eigenvalue weighted by Gasteiger charge is -2.23. The number of hydrogen-bond donors (Lipinski definition) is 0. The third-order valence-electron chi connectivity index (χ3n) is 6.27. The molecule has 1 aliphatic rings. The monoisotopic (exact) mass is 537 g/mol. The van der Waals surface area contributed by atoms with Gasteiger partial charge in [0, 0.05) is 28.1 Å². The molecule has 0 bridgehead atoms. The highest BCUT2D eigenvalue weighted by Crippen LogP contribution is 2.47. The van der Waals surface area contributed by atoms with Gasteiger partial charge in [0.1, 0.15) is 5.82 Å². The Labute approximate surface area is 217 Å². The second-order valence-electron chi connectivity index (χ2n) is 8.80. The van der Waals surface area contributed by atoms with Crippen LogP contribution < -0.4 is 9.47 Å². The summed E-state index contributed by atoms with van der Waals surface area (Å²) in [5.74, 6) is -0.0454. The highest BCUT2D eigenvalue weighted by molar-refractivity contribution is 9.10. The Kier molecular flexibility index (Phi) is 5.57. The van der Waals surface area contributed by atoms with Gasteiger partial charge < -0.3 is 9.47 Å². The minimum absolute atomic E-state index is 0.299. The van der Waals surface area contributed by atoms with Gasteiger partial charge >= 0.3 is 0 Å². The Morgan fingerprint density at radius 1 is 0.722 bits per heavy atom. The van der Waals surface area contributed by atoms with E-state index in [2.05, 4.69) is 40.2 Å². The first-order chi connectivity index (χ1) is 17.5. The summed E-state index contributed by atoms with van der Waals surface area (Å²) in [5.41, 5.74) is 4.52. The summed E-state index contributed by atoms with van der Waals surface area (Å²) in [6.45, 7) is 1.84. The highest BCUT2D eigenvalue weighted by Gasteiger charge is 2.39. The molecule has 0 aromatic heterocycles. The number of benzene rings is 5. The minimum atomic E-state index is -1.03. The van der Waals surface area contributed by atoms with E-state index in [1.165, 1.54) is 12.1 Å². The first kappa shape index (κ1) is 22.5. The lowest BCUT2D eigenvalue weighted by molar-refractivity contribution is -0.0680. The molecule has 0 amide bonds. The molecule has 0 aliphatic carbocycles. The number of nitrogens with zero attached hydrogens (tertiary/aromatic N) is 1. The van der Waals surface area contributed by atoms with Gasteiger partial charge in [0.15, 0.2) is 11.5 Å². The van der Waals surface area contributed by atoms with Gasteiger partial charge in [-0.25, -0.2) is 9.38 Å². The second-order valence-corrected chi connectivity index (χ2v) is 9.65. The van der Waals surface area contributed by atoms with Gasteiger partial charge in [-0.05, 0) is 75.2 Å². The van der Waals surface area contributed by atoms with Crippen LogP contribution in [0.15, 0.2) is 119 Å². The van der Waals surface area contributed by atoms with E-state index in [9.17, 15) is 4.39 Å². The average molecular weight is 538 g/mol. The highest BCUT2D eigenvalue weighted by atomic mass is 79.9. The van der Waals surface area contributed by atoms with E-state index in [-0.39, 0.29) is 5.82 Å². The van der Waals surface area contributed by atoms with E-state index in [0.29, 0.717) is 11.5 Å².